The molecule has 0 amide bonds. The van der Waals surface area contributed by atoms with Gasteiger partial charge in [0.15, 0.2) is 0 Å². The minimum absolute atomic E-state index is 0.701. The van der Waals surface area contributed by atoms with Crippen LogP contribution in [0.3, 0.4) is 0 Å². The molecule has 0 unspecified atom stereocenters. The number of halogens is 2. The van der Waals surface area contributed by atoms with E-state index in [1.807, 2.05) is 18.2 Å². The van der Waals surface area contributed by atoms with E-state index in [1.54, 1.807) is 0 Å². The summed E-state index contributed by atoms with van der Waals surface area (Å²) >= 11 is 9.31. The Balaban J connectivity index is 2.51. The Kier molecular flexibility index (Phi) is 4.68. The molecule has 0 saturated heterocycles. The molecule has 0 aliphatic heterocycles. The zero-order chi connectivity index (χ0) is 11.5. The Morgan fingerprint density at radius 3 is 2.47 bits per heavy atom. The van der Waals surface area contributed by atoms with E-state index < -0.39 is 8.07 Å². The zero-order valence-electron chi connectivity index (χ0n) is 9.31. The van der Waals surface area contributed by atoms with Crippen molar-refractivity contribution in [2.45, 2.75) is 25.7 Å². The van der Waals surface area contributed by atoms with Gasteiger partial charge in [0.05, 0.1) is 6.61 Å². The first-order chi connectivity index (χ1) is 6.87. The van der Waals surface area contributed by atoms with Crippen LogP contribution in [0.1, 0.15) is 0 Å². The topological polar surface area (TPSA) is 9.23 Å². The number of ether oxygens (including phenoxy) is 1. The average molecular weight is 308 g/mol. The van der Waals surface area contributed by atoms with Gasteiger partial charge in [0.1, 0.15) is 5.75 Å². The lowest BCUT2D eigenvalue weighted by atomic mass is 10.3. The van der Waals surface area contributed by atoms with Crippen molar-refractivity contribution in [2.75, 3.05) is 6.61 Å². The van der Waals surface area contributed by atoms with Crippen molar-refractivity contribution in [2.24, 2.45) is 0 Å². The predicted molar refractivity (Wildman–Crippen MR) is 72.8 cm³/mol. The highest BCUT2D eigenvalue weighted by Gasteiger charge is 2.12. The van der Waals surface area contributed by atoms with Gasteiger partial charge >= 0.3 is 0 Å². The van der Waals surface area contributed by atoms with Crippen LogP contribution < -0.4 is 4.74 Å². The summed E-state index contributed by atoms with van der Waals surface area (Å²) in [5.74, 6) is 0.840. The van der Waals surface area contributed by atoms with Crippen molar-refractivity contribution in [3.8, 4) is 5.75 Å². The molecule has 15 heavy (non-hydrogen) atoms. The number of benzene rings is 1. The SMILES string of the molecule is C[Si](C)(C)CCOc1cc(Cl)cc(Br)c1. The van der Waals surface area contributed by atoms with E-state index in [9.17, 15) is 0 Å². The summed E-state index contributed by atoms with van der Waals surface area (Å²) in [6, 6.07) is 6.80. The molecule has 1 nitrogen and oxygen atoms in total. The smallest absolute Gasteiger partial charge is 0.121 e. The molecule has 84 valence electrons. The predicted octanol–water partition coefficient (Wildman–Crippen LogP) is 4.82. The summed E-state index contributed by atoms with van der Waals surface area (Å²) in [6.07, 6.45) is 0. The van der Waals surface area contributed by atoms with Gasteiger partial charge < -0.3 is 4.74 Å². The van der Waals surface area contributed by atoms with Crippen LogP contribution in [0.4, 0.5) is 0 Å². The first kappa shape index (κ1) is 13.1. The molecule has 0 fully saturated rings. The van der Waals surface area contributed by atoms with E-state index >= 15 is 0 Å². The van der Waals surface area contributed by atoms with E-state index in [0.29, 0.717) is 5.02 Å². The lowest BCUT2D eigenvalue weighted by Crippen LogP contribution is -2.22. The highest BCUT2D eigenvalue weighted by atomic mass is 79.9. The van der Waals surface area contributed by atoms with E-state index in [2.05, 4.69) is 35.6 Å². The Hall–Kier alpha value is 0.00688. The second-order valence-electron chi connectivity index (χ2n) is 4.76. The molecule has 0 saturated carbocycles. The summed E-state index contributed by atoms with van der Waals surface area (Å²) in [4.78, 5) is 0. The number of hydrogen-bond donors (Lipinski definition) is 0. The third-order valence-electron chi connectivity index (χ3n) is 1.96. The average Bonchev–Trinajstić information content (AvgIpc) is 1.99. The highest BCUT2D eigenvalue weighted by molar-refractivity contribution is 9.10. The van der Waals surface area contributed by atoms with Crippen molar-refractivity contribution in [1.29, 1.82) is 0 Å². The molecular weight excluding hydrogens is 292 g/mol. The van der Waals surface area contributed by atoms with Crippen molar-refractivity contribution in [3.05, 3.63) is 27.7 Å². The van der Waals surface area contributed by atoms with Gasteiger partial charge in [-0.05, 0) is 24.2 Å². The van der Waals surface area contributed by atoms with Gasteiger partial charge in [-0.15, -0.1) is 0 Å². The second kappa shape index (κ2) is 5.37. The number of rotatable bonds is 4. The Morgan fingerprint density at radius 1 is 1.27 bits per heavy atom. The zero-order valence-corrected chi connectivity index (χ0v) is 12.7. The maximum absolute atomic E-state index is 5.92. The lowest BCUT2D eigenvalue weighted by Gasteiger charge is -2.16. The van der Waals surface area contributed by atoms with Crippen LogP contribution in [0.5, 0.6) is 5.75 Å². The van der Waals surface area contributed by atoms with Crippen LogP contribution in [0.25, 0.3) is 0 Å². The minimum atomic E-state index is -1.01. The summed E-state index contributed by atoms with van der Waals surface area (Å²) < 4.78 is 6.62. The first-order valence-corrected chi connectivity index (χ1v) is 9.83. The van der Waals surface area contributed by atoms with Gasteiger partial charge in [-0.1, -0.05) is 47.2 Å². The lowest BCUT2D eigenvalue weighted by molar-refractivity contribution is 0.338. The van der Waals surface area contributed by atoms with Crippen LogP contribution in [-0.4, -0.2) is 14.7 Å². The summed E-state index contributed by atoms with van der Waals surface area (Å²) in [7, 11) is -1.01. The Labute approximate surface area is 106 Å². The fraction of sp³-hybridized carbons (Fsp3) is 0.455. The largest absolute Gasteiger partial charge is 0.494 e. The van der Waals surface area contributed by atoms with Crippen molar-refractivity contribution in [1.82, 2.24) is 0 Å². The van der Waals surface area contributed by atoms with Crippen molar-refractivity contribution in [3.63, 3.8) is 0 Å². The number of hydrogen-bond acceptors (Lipinski definition) is 1. The molecule has 0 aliphatic carbocycles. The molecular formula is C11H16BrClOSi. The van der Waals surface area contributed by atoms with Gasteiger partial charge in [-0.3, -0.25) is 0 Å². The molecule has 0 aromatic heterocycles. The van der Waals surface area contributed by atoms with Crippen molar-refractivity contribution < 1.29 is 4.74 Å². The van der Waals surface area contributed by atoms with Crippen molar-refractivity contribution >= 4 is 35.6 Å². The molecule has 0 bridgehead atoms. The standard InChI is InChI=1S/C11H16BrClOSi/c1-15(2,3)5-4-14-11-7-9(12)6-10(13)8-11/h6-8H,4-5H2,1-3H3. The van der Waals surface area contributed by atoms with E-state index in [0.717, 1.165) is 22.9 Å². The molecule has 0 N–H and O–H groups in total. The van der Waals surface area contributed by atoms with Crippen LogP contribution in [0.2, 0.25) is 30.7 Å². The van der Waals surface area contributed by atoms with Gasteiger partial charge in [0.2, 0.25) is 0 Å². The Bertz CT molecular complexity index is 316. The molecule has 1 rings (SSSR count). The summed E-state index contributed by atoms with van der Waals surface area (Å²) in [5.41, 5.74) is 0. The van der Waals surface area contributed by atoms with E-state index in [4.69, 9.17) is 16.3 Å². The Morgan fingerprint density at radius 2 is 1.93 bits per heavy atom. The molecule has 1 aromatic rings. The molecule has 0 radical (unpaired) electrons. The first-order valence-electron chi connectivity index (χ1n) is 4.96. The monoisotopic (exact) mass is 306 g/mol. The second-order valence-corrected chi connectivity index (χ2v) is 11.7. The quantitative estimate of drug-likeness (QED) is 0.725. The third-order valence-corrected chi connectivity index (χ3v) is 4.34. The molecule has 4 heteroatoms. The van der Waals surface area contributed by atoms with Crippen LogP contribution in [0, 0.1) is 0 Å². The van der Waals surface area contributed by atoms with Gasteiger partial charge in [-0.2, -0.15) is 0 Å². The molecule has 0 atom stereocenters. The fourth-order valence-corrected chi connectivity index (χ4v) is 2.63. The van der Waals surface area contributed by atoms with E-state index in [1.165, 1.54) is 0 Å². The van der Waals surface area contributed by atoms with E-state index in [-0.39, 0.29) is 0 Å². The maximum atomic E-state index is 5.92. The van der Waals surface area contributed by atoms with Gasteiger partial charge in [-0.25, -0.2) is 0 Å². The van der Waals surface area contributed by atoms with Gasteiger partial charge in [0, 0.05) is 17.6 Å². The fourth-order valence-electron chi connectivity index (χ4n) is 1.09. The molecule has 0 spiro atoms. The highest BCUT2D eigenvalue weighted by Crippen LogP contribution is 2.25. The summed E-state index contributed by atoms with van der Waals surface area (Å²) in [6.45, 7) is 7.79. The molecule has 1 aromatic carbocycles. The molecule has 0 heterocycles. The molecule has 0 aliphatic rings. The van der Waals surface area contributed by atoms with Gasteiger partial charge in [0.25, 0.3) is 0 Å². The minimum Gasteiger partial charge on any atom is -0.494 e. The summed E-state index contributed by atoms with van der Waals surface area (Å²) in [5, 5.41) is 0.701. The van der Waals surface area contributed by atoms with Crippen LogP contribution >= 0.6 is 27.5 Å². The third kappa shape index (κ3) is 5.59. The maximum Gasteiger partial charge on any atom is 0.121 e. The normalized spacial score (nSPS) is 11.5. The van der Waals surface area contributed by atoms with Crippen LogP contribution in [0.15, 0.2) is 22.7 Å². The van der Waals surface area contributed by atoms with Crippen LogP contribution in [-0.2, 0) is 0 Å².